The van der Waals surface area contributed by atoms with Crippen molar-refractivity contribution >= 4 is 28.6 Å². The highest BCUT2D eigenvalue weighted by Crippen LogP contribution is 2.29. The highest BCUT2D eigenvalue weighted by atomic mass is 32.1. The summed E-state index contributed by atoms with van der Waals surface area (Å²) >= 11 is 3.16. The van der Waals surface area contributed by atoms with Crippen molar-refractivity contribution < 1.29 is 14.3 Å². The number of carbonyl (C=O) groups is 1. The van der Waals surface area contributed by atoms with Crippen molar-refractivity contribution in [2.75, 3.05) is 7.11 Å². The molecule has 0 saturated carbocycles. The summed E-state index contributed by atoms with van der Waals surface area (Å²) in [4.78, 5) is 17.7. The minimum atomic E-state index is -0.142. The number of thiazole rings is 1. The second-order valence-electron chi connectivity index (χ2n) is 5.34. The topological polar surface area (TPSA) is 60.5 Å². The lowest BCUT2D eigenvalue weighted by Crippen LogP contribution is -2.22. The van der Waals surface area contributed by atoms with Gasteiger partial charge in [0.05, 0.1) is 24.9 Å². The molecule has 25 heavy (non-hydrogen) atoms. The first kappa shape index (κ1) is 17.4. The molecule has 0 spiro atoms. The standard InChI is InChI=1S/C18H18N2O3S2/c1-12-5-6-25-17(12)8-19-18(21)13-3-4-15(16(7-13)22-2)23-9-14-10-24-11-20-14/h3-7,10-11H,8-9H2,1-2H3,(H,19,21). The van der Waals surface area contributed by atoms with Crippen LogP contribution in [0.15, 0.2) is 40.5 Å². The van der Waals surface area contributed by atoms with Crippen LogP contribution in [0, 0.1) is 6.92 Å². The van der Waals surface area contributed by atoms with E-state index < -0.39 is 0 Å². The third-order valence-corrected chi connectivity index (χ3v) is 5.32. The van der Waals surface area contributed by atoms with Crippen LogP contribution < -0.4 is 14.8 Å². The Kier molecular flexibility index (Phi) is 5.67. The minimum Gasteiger partial charge on any atom is -0.493 e. The van der Waals surface area contributed by atoms with Crippen LogP contribution in [-0.4, -0.2) is 18.0 Å². The lowest BCUT2D eigenvalue weighted by atomic mass is 10.2. The van der Waals surface area contributed by atoms with Crippen LogP contribution >= 0.6 is 22.7 Å². The maximum absolute atomic E-state index is 12.4. The van der Waals surface area contributed by atoms with E-state index in [0.29, 0.717) is 30.2 Å². The molecule has 3 rings (SSSR count). The minimum absolute atomic E-state index is 0.142. The summed E-state index contributed by atoms with van der Waals surface area (Å²) in [5.74, 6) is 0.966. The first-order chi connectivity index (χ1) is 12.2. The number of aromatic nitrogens is 1. The second-order valence-corrected chi connectivity index (χ2v) is 7.06. The van der Waals surface area contributed by atoms with Gasteiger partial charge in [-0.1, -0.05) is 0 Å². The summed E-state index contributed by atoms with van der Waals surface area (Å²) in [7, 11) is 1.56. The van der Waals surface area contributed by atoms with Crippen molar-refractivity contribution in [1.82, 2.24) is 10.3 Å². The lowest BCUT2D eigenvalue weighted by Gasteiger charge is -2.12. The molecule has 1 amide bonds. The smallest absolute Gasteiger partial charge is 0.251 e. The second kappa shape index (κ2) is 8.13. The zero-order chi connectivity index (χ0) is 17.6. The summed E-state index contributed by atoms with van der Waals surface area (Å²) in [6.07, 6.45) is 0. The number of aryl methyl sites for hydroxylation is 1. The predicted molar refractivity (Wildman–Crippen MR) is 99.7 cm³/mol. The number of nitrogens with zero attached hydrogens (tertiary/aromatic N) is 1. The Morgan fingerprint density at radius 2 is 2.16 bits per heavy atom. The highest BCUT2D eigenvalue weighted by Gasteiger charge is 2.12. The summed E-state index contributed by atoms with van der Waals surface area (Å²) in [6.45, 7) is 2.92. The molecule has 1 N–H and O–H groups in total. The number of methoxy groups -OCH3 is 1. The number of carbonyl (C=O) groups excluding carboxylic acids is 1. The molecular formula is C18H18N2O3S2. The van der Waals surface area contributed by atoms with Gasteiger partial charge in [-0.15, -0.1) is 22.7 Å². The van der Waals surface area contributed by atoms with E-state index in [9.17, 15) is 4.79 Å². The van der Waals surface area contributed by atoms with Crippen LogP contribution in [-0.2, 0) is 13.2 Å². The van der Waals surface area contributed by atoms with E-state index in [-0.39, 0.29) is 5.91 Å². The van der Waals surface area contributed by atoms with Gasteiger partial charge in [-0.2, -0.15) is 0 Å². The van der Waals surface area contributed by atoms with Crippen molar-refractivity contribution in [3.05, 3.63) is 62.2 Å². The number of hydrogen-bond donors (Lipinski definition) is 1. The van der Waals surface area contributed by atoms with Gasteiger partial charge in [0.2, 0.25) is 0 Å². The molecule has 0 unspecified atom stereocenters. The Labute approximate surface area is 154 Å². The van der Waals surface area contributed by atoms with Crippen molar-refractivity contribution in [2.24, 2.45) is 0 Å². The SMILES string of the molecule is COc1cc(C(=O)NCc2sccc2C)ccc1OCc1cscn1. The molecule has 3 aromatic rings. The van der Waals surface area contributed by atoms with Crippen molar-refractivity contribution in [3.8, 4) is 11.5 Å². The molecule has 7 heteroatoms. The van der Waals surface area contributed by atoms with Crippen LogP contribution in [0.25, 0.3) is 0 Å². The van der Waals surface area contributed by atoms with Gasteiger partial charge < -0.3 is 14.8 Å². The number of amides is 1. The monoisotopic (exact) mass is 374 g/mol. The fourth-order valence-corrected chi connectivity index (χ4v) is 3.63. The number of hydrogen-bond acceptors (Lipinski definition) is 6. The van der Waals surface area contributed by atoms with Gasteiger partial charge in [0, 0.05) is 15.8 Å². The van der Waals surface area contributed by atoms with E-state index in [1.165, 1.54) is 16.9 Å². The molecule has 2 aromatic heterocycles. The molecule has 0 aliphatic carbocycles. The van der Waals surface area contributed by atoms with Gasteiger partial charge >= 0.3 is 0 Å². The van der Waals surface area contributed by atoms with Crippen LogP contribution in [0.5, 0.6) is 11.5 Å². The average molecular weight is 374 g/mol. The fourth-order valence-electron chi connectivity index (χ4n) is 2.24. The molecule has 2 heterocycles. The van der Waals surface area contributed by atoms with Gasteiger partial charge in [0.15, 0.2) is 11.5 Å². The van der Waals surface area contributed by atoms with Crippen LogP contribution in [0.1, 0.15) is 26.5 Å². The predicted octanol–water partition coefficient (Wildman–Crippen LogP) is 4.03. The normalized spacial score (nSPS) is 10.5. The first-order valence-corrected chi connectivity index (χ1v) is 9.48. The molecule has 1 aromatic carbocycles. The number of nitrogens with one attached hydrogen (secondary N) is 1. The number of benzene rings is 1. The van der Waals surface area contributed by atoms with E-state index >= 15 is 0 Å². The molecule has 0 aliphatic heterocycles. The van der Waals surface area contributed by atoms with Gasteiger partial charge in [0.1, 0.15) is 6.61 Å². The van der Waals surface area contributed by atoms with E-state index in [0.717, 1.165) is 10.6 Å². The third-order valence-electron chi connectivity index (χ3n) is 3.66. The Hall–Kier alpha value is -2.38. The van der Waals surface area contributed by atoms with E-state index in [2.05, 4.69) is 10.3 Å². The van der Waals surface area contributed by atoms with Gasteiger partial charge in [-0.3, -0.25) is 4.79 Å². The Morgan fingerprint density at radius 3 is 2.84 bits per heavy atom. The van der Waals surface area contributed by atoms with Crippen LogP contribution in [0.2, 0.25) is 0 Å². The molecule has 0 saturated heterocycles. The Balaban J connectivity index is 1.65. The molecule has 130 valence electrons. The fraction of sp³-hybridized carbons (Fsp3) is 0.222. The number of rotatable bonds is 7. The molecule has 0 fully saturated rings. The molecule has 0 aliphatic rings. The van der Waals surface area contributed by atoms with Crippen LogP contribution in [0.4, 0.5) is 0 Å². The summed E-state index contributed by atoms with van der Waals surface area (Å²) in [5, 5.41) is 6.89. The largest absolute Gasteiger partial charge is 0.493 e. The van der Waals surface area contributed by atoms with Gasteiger partial charge in [-0.05, 0) is 42.1 Å². The Bertz CT molecular complexity index is 844. The quantitative estimate of drug-likeness (QED) is 0.678. The first-order valence-electron chi connectivity index (χ1n) is 7.66. The van der Waals surface area contributed by atoms with E-state index in [4.69, 9.17) is 9.47 Å². The maximum Gasteiger partial charge on any atom is 0.251 e. The molecule has 0 radical (unpaired) electrons. The zero-order valence-corrected chi connectivity index (χ0v) is 15.6. The van der Waals surface area contributed by atoms with Crippen molar-refractivity contribution in [2.45, 2.75) is 20.1 Å². The van der Waals surface area contributed by atoms with Crippen molar-refractivity contribution in [3.63, 3.8) is 0 Å². The highest BCUT2D eigenvalue weighted by molar-refractivity contribution is 7.10. The summed E-state index contributed by atoms with van der Waals surface area (Å²) < 4.78 is 11.1. The van der Waals surface area contributed by atoms with E-state index in [1.807, 2.05) is 23.8 Å². The summed E-state index contributed by atoms with van der Waals surface area (Å²) in [5.41, 5.74) is 4.35. The number of thiophene rings is 1. The lowest BCUT2D eigenvalue weighted by molar-refractivity contribution is 0.0951. The van der Waals surface area contributed by atoms with Gasteiger partial charge in [0.25, 0.3) is 5.91 Å². The van der Waals surface area contributed by atoms with E-state index in [1.54, 1.807) is 42.2 Å². The maximum atomic E-state index is 12.4. The summed E-state index contributed by atoms with van der Waals surface area (Å²) in [6, 6.07) is 7.21. The van der Waals surface area contributed by atoms with Gasteiger partial charge in [-0.25, -0.2) is 4.98 Å². The zero-order valence-electron chi connectivity index (χ0n) is 13.9. The molecule has 0 atom stereocenters. The molecule has 5 nitrogen and oxygen atoms in total. The molecular weight excluding hydrogens is 356 g/mol. The molecule has 0 bridgehead atoms. The Morgan fingerprint density at radius 1 is 1.28 bits per heavy atom. The average Bonchev–Trinajstić information content (AvgIpc) is 3.29. The van der Waals surface area contributed by atoms with Crippen molar-refractivity contribution in [1.29, 1.82) is 0 Å². The third kappa shape index (κ3) is 4.37. The number of ether oxygens (including phenoxy) is 2. The van der Waals surface area contributed by atoms with Crippen LogP contribution in [0.3, 0.4) is 0 Å².